The van der Waals surface area contributed by atoms with Crippen molar-refractivity contribution in [3.05, 3.63) is 185 Å². The van der Waals surface area contributed by atoms with Crippen molar-refractivity contribution in [1.29, 1.82) is 0 Å². The van der Waals surface area contributed by atoms with Crippen molar-refractivity contribution in [3.8, 4) is 11.1 Å². The van der Waals surface area contributed by atoms with Crippen LogP contribution in [0.15, 0.2) is 152 Å². The summed E-state index contributed by atoms with van der Waals surface area (Å²) in [4.78, 5) is 2.33. The molecule has 2 aliphatic carbocycles. The van der Waals surface area contributed by atoms with Gasteiger partial charge in [0.2, 0.25) is 0 Å². The standard InChI is InChI=1S/C49H46N2/c1-34-18-19-37-12-8-10-16-44(37)47(34)48-45-17-11-9-13-38(45)24-33-46(48)50-40-27-20-35(21-28-40)36-22-29-42(30-23-36)51(41-14-6-5-7-15-41)43-31-25-39(26-32-43)49(2,3)4/h5-8,10-12,14-34,47,50H,9,13H2,1-4H3. The van der Waals surface area contributed by atoms with E-state index in [1.807, 2.05) is 0 Å². The molecule has 2 unspecified atom stereocenters. The molecular formula is C49H46N2. The number of fused-ring (bicyclic) bond motifs is 2. The van der Waals surface area contributed by atoms with Crippen LogP contribution >= 0.6 is 0 Å². The van der Waals surface area contributed by atoms with E-state index in [0.717, 1.165) is 35.6 Å². The van der Waals surface area contributed by atoms with Gasteiger partial charge in [-0.25, -0.2) is 0 Å². The average Bonchev–Trinajstić information content (AvgIpc) is 3.16. The number of hydrogen-bond acceptors (Lipinski definition) is 2. The largest absolute Gasteiger partial charge is 0.355 e. The minimum atomic E-state index is 0.112. The summed E-state index contributed by atoms with van der Waals surface area (Å²) in [6.07, 6.45) is 11.6. The van der Waals surface area contributed by atoms with Gasteiger partial charge in [-0.05, 0) is 123 Å². The van der Waals surface area contributed by atoms with E-state index >= 15 is 0 Å². The minimum Gasteiger partial charge on any atom is -0.355 e. The molecule has 0 bridgehead atoms. The molecule has 2 aliphatic rings. The topological polar surface area (TPSA) is 15.3 Å². The summed E-state index contributed by atoms with van der Waals surface area (Å²) in [5.74, 6) is 0.685. The van der Waals surface area contributed by atoms with Crippen molar-refractivity contribution in [2.45, 2.75) is 51.9 Å². The lowest BCUT2D eigenvalue weighted by Gasteiger charge is -2.32. The highest BCUT2D eigenvalue weighted by Crippen LogP contribution is 2.46. The van der Waals surface area contributed by atoms with Gasteiger partial charge in [-0.15, -0.1) is 0 Å². The fourth-order valence-electron chi connectivity index (χ4n) is 7.83. The first-order chi connectivity index (χ1) is 24.8. The van der Waals surface area contributed by atoms with E-state index in [-0.39, 0.29) is 11.3 Å². The predicted molar refractivity (Wildman–Crippen MR) is 219 cm³/mol. The van der Waals surface area contributed by atoms with Crippen molar-refractivity contribution in [2.24, 2.45) is 5.92 Å². The van der Waals surface area contributed by atoms with Crippen LogP contribution in [0.3, 0.4) is 0 Å². The fourth-order valence-corrected chi connectivity index (χ4v) is 7.83. The summed E-state index contributed by atoms with van der Waals surface area (Å²) in [6, 6.07) is 51.0. The monoisotopic (exact) mass is 662 g/mol. The van der Waals surface area contributed by atoms with E-state index in [1.165, 1.54) is 50.2 Å². The van der Waals surface area contributed by atoms with Gasteiger partial charge in [0.25, 0.3) is 0 Å². The molecule has 0 aliphatic heterocycles. The zero-order chi connectivity index (χ0) is 35.0. The molecule has 252 valence electrons. The Kier molecular flexibility index (Phi) is 8.70. The Balaban J connectivity index is 1.08. The van der Waals surface area contributed by atoms with Crippen molar-refractivity contribution < 1.29 is 0 Å². The third-order valence-electron chi connectivity index (χ3n) is 10.6. The van der Waals surface area contributed by atoms with Crippen molar-refractivity contribution >= 4 is 40.6 Å². The van der Waals surface area contributed by atoms with Crippen molar-refractivity contribution in [3.63, 3.8) is 0 Å². The second-order valence-electron chi connectivity index (χ2n) is 15.1. The van der Waals surface area contributed by atoms with Gasteiger partial charge < -0.3 is 10.2 Å². The average molecular weight is 663 g/mol. The van der Waals surface area contributed by atoms with E-state index in [1.54, 1.807) is 0 Å². The molecule has 0 fully saturated rings. The Hall–Kier alpha value is -5.60. The third kappa shape index (κ3) is 6.55. The van der Waals surface area contributed by atoms with Gasteiger partial charge in [-0.3, -0.25) is 0 Å². The first-order valence-corrected chi connectivity index (χ1v) is 18.4. The molecule has 0 amide bonds. The molecule has 0 aromatic heterocycles. The van der Waals surface area contributed by atoms with Gasteiger partial charge in [0.05, 0.1) is 0 Å². The quantitative estimate of drug-likeness (QED) is 0.183. The maximum atomic E-state index is 3.86. The van der Waals surface area contributed by atoms with Crippen LogP contribution in [0, 0.1) is 5.92 Å². The second-order valence-corrected chi connectivity index (χ2v) is 15.1. The predicted octanol–water partition coefficient (Wildman–Crippen LogP) is 13.6. The third-order valence-corrected chi connectivity index (χ3v) is 10.6. The van der Waals surface area contributed by atoms with Gasteiger partial charge >= 0.3 is 0 Å². The Morgan fingerprint density at radius 2 is 1.25 bits per heavy atom. The molecule has 2 heteroatoms. The number of para-hydroxylation sites is 1. The molecule has 0 spiro atoms. The first-order valence-electron chi connectivity index (χ1n) is 18.4. The van der Waals surface area contributed by atoms with Gasteiger partial charge in [0, 0.05) is 34.4 Å². The summed E-state index contributed by atoms with van der Waals surface area (Å²) in [6.45, 7) is 9.14. The summed E-state index contributed by atoms with van der Waals surface area (Å²) in [5, 5.41) is 3.86. The minimum absolute atomic E-state index is 0.112. The van der Waals surface area contributed by atoms with Crippen molar-refractivity contribution in [1.82, 2.24) is 0 Å². The van der Waals surface area contributed by atoms with Crippen LogP contribution in [0.4, 0.5) is 28.4 Å². The molecule has 8 rings (SSSR count). The van der Waals surface area contributed by atoms with Crippen LogP contribution in [-0.2, 0) is 11.8 Å². The Bertz CT molecular complexity index is 2200. The molecule has 0 radical (unpaired) electrons. The van der Waals surface area contributed by atoms with Crippen LogP contribution in [-0.4, -0.2) is 0 Å². The second kappa shape index (κ2) is 13.6. The molecule has 2 nitrogen and oxygen atoms in total. The van der Waals surface area contributed by atoms with Crippen molar-refractivity contribution in [2.75, 3.05) is 10.2 Å². The van der Waals surface area contributed by atoms with E-state index in [0.29, 0.717) is 5.92 Å². The lowest BCUT2D eigenvalue weighted by atomic mass is 9.73. The molecule has 6 aromatic carbocycles. The van der Waals surface area contributed by atoms with E-state index in [2.05, 4.69) is 202 Å². The number of anilines is 5. The van der Waals surface area contributed by atoms with E-state index in [9.17, 15) is 0 Å². The zero-order valence-electron chi connectivity index (χ0n) is 30.1. The van der Waals surface area contributed by atoms with Crippen LogP contribution in [0.1, 0.15) is 73.4 Å². The molecule has 1 N–H and O–H groups in total. The van der Waals surface area contributed by atoms with E-state index < -0.39 is 0 Å². The normalized spacial score (nSPS) is 16.3. The van der Waals surface area contributed by atoms with Crippen LogP contribution < -0.4 is 10.2 Å². The Labute approximate surface area is 303 Å². The molecule has 51 heavy (non-hydrogen) atoms. The fraction of sp³-hybridized carbons (Fsp3) is 0.184. The number of nitrogens with one attached hydrogen (secondary N) is 1. The zero-order valence-corrected chi connectivity index (χ0v) is 30.1. The smallest absolute Gasteiger partial charge is 0.0462 e. The highest BCUT2D eigenvalue weighted by Gasteiger charge is 2.30. The van der Waals surface area contributed by atoms with Crippen LogP contribution in [0.2, 0.25) is 0 Å². The first kappa shape index (κ1) is 32.6. The molecular weight excluding hydrogens is 617 g/mol. The summed E-state index contributed by atoms with van der Waals surface area (Å²) < 4.78 is 0. The van der Waals surface area contributed by atoms with Crippen LogP contribution in [0.5, 0.6) is 0 Å². The highest BCUT2D eigenvalue weighted by molar-refractivity contribution is 5.80. The number of rotatable bonds is 7. The van der Waals surface area contributed by atoms with Gasteiger partial charge in [0.15, 0.2) is 0 Å². The molecule has 0 saturated heterocycles. The molecule has 0 saturated carbocycles. The Morgan fingerprint density at radius 1 is 0.627 bits per heavy atom. The SMILES string of the molecule is CC1C=Cc2ccccc2C1c1c(Nc2ccc(-c3ccc(N(c4ccccc4)c4ccc(C(C)(C)C)cc4)cc3)cc2)ccc2c1C=CCC2. The van der Waals surface area contributed by atoms with Gasteiger partial charge in [0.1, 0.15) is 0 Å². The lowest BCUT2D eigenvalue weighted by molar-refractivity contribution is 0.590. The number of benzene rings is 6. The van der Waals surface area contributed by atoms with E-state index in [4.69, 9.17) is 0 Å². The molecule has 6 aromatic rings. The maximum Gasteiger partial charge on any atom is 0.0462 e. The Morgan fingerprint density at radius 3 is 1.96 bits per heavy atom. The number of nitrogens with zero attached hydrogens (tertiary/aromatic N) is 1. The molecule has 2 atom stereocenters. The number of hydrogen-bond donors (Lipinski definition) is 1. The molecule has 0 heterocycles. The van der Waals surface area contributed by atoms with Gasteiger partial charge in [-0.1, -0.05) is 137 Å². The number of aryl methyl sites for hydroxylation is 1. The summed E-state index contributed by atoms with van der Waals surface area (Å²) in [5.41, 5.74) is 16.5. The lowest BCUT2D eigenvalue weighted by Crippen LogP contribution is -2.18. The van der Waals surface area contributed by atoms with Crippen LogP contribution in [0.25, 0.3) is 23.3 Å². The summed E-state index contributed by atoms with van der Waals surface area (Å²) >= 11 is 0. The summed E-state index contributed by atoms with van der Waals surface area (Å²) in [7, 11) is 0. The maximum absolute atomic E-state index is 3.86. The number of allylic oxidation sites excluding steroid dienone is 2. The highest BCUT2D eigenvalue weighted by atomic mass is 15.1. The van der Waals surface area contributed by atoms with Gasteiger partial charge in [-0.2, -0.15) is 0 Å².